The van der Waals surface area contributed by atoms with Gasteiger partial charge in [0.15, 0.2) is 0 Å². The van der Waals surface area contributed by atoms with Gasteiger partial charge in [0.1, 0.15) is 23.4 Å². The average molecular weight is 399 g/mol. The van der Waals surface area contributed by atoms with Crippen molar-refractivity contribution in [2.24, 2.45) is 0 Å². The zero-order valence-corrected chi connectivity index (χ0v) is 18.4. The number of ether oxygens (including phenoxy) is 3. The molecule has 0 bridgehead atoms. The van der Waals surface area contributed by atoms with Crippen LogP contribution in [0.4, 0.5) is 5.69 Å². The highest BCUT2D eigenvalue weighted by molar-refractivity contribution is 5.57. The molecule has 5 nitrogen and oxygen atoms in total. The summed E-state index contributed by atoms with van der Waals surface area (Å²) in [6, 6.07) is 15.2. The molecule has 0 saturated carbocycles. The molecule has 0 amide bonds. The van der Waals surface area contributed by atoms with Crippen LogP contribution in [0.5, 0.6) is 17.2 Å². The minimum Gasteiger partial charge on any atom is -0.497 e. The smallest absolute Gasteiger partial charge is 0.124 e. The number of rotatable bonds is 8. The fourth-order valence-electron chi connectivity index (χ4n) is 4.02. The van der Waals surface area contributed by atoms with Gasteiger partial charge in [-0.2, -0.15) is 0 Å². The summed E-state index contributed by atoms with van der Waals surface area (Å²) in [6.07, 6.45) is 0.850. The van der Waals surface area contributed by atoms with Gasteiger partial charge in [0.2, 0.25) is 0 Å². The van der Waals surface area contributed by atoms with E-state index in [1.54, 1.807) is 14.2 Å². The van der Waals surface area contributed by atoms with Crippen LogP contribution in [0, 0.1) is 0 Å². The number of benzene rings is 2. The molecule has 29 heavy (non-hydrogen) atoms. The predicted molar refractivity (Wildman–Crippen MR) is 118 cm³/mol. The van der Waals surface area contributed by atoms with Crippen molar-refractivity contribution >= 4 is 5.69 Å². The lowest BCUT2D eigenvalue weighted by atomic mass is 9.94. The van der Waals surface area contributed by atoms with Crippen molar-refractivity contribution in [1.82, 2.24) is 4.90 Å². The third-order valence-corrected chi connectivity index (χ3v) is 5.60. The number of hydrogen-bond donors (Lipinski definition) is 1. The van der Waals surface area contributed by atoms with E-state index in [0.717, 1.165) is 35.9 Å². The summed E-state index contributed by atoms with van der Waals surface area (Å²) in [7, 11) is 3.38. The van der Waals surface area contributed by atoms with Crippen molar-refractivity contribution in [1.29, 1.82) is 0 Å². The molecular weight excluding hydrogens is 364 g/mol. The van der Waals surface area contributed by atoms with E-state index in [1.807, 2.05) is 30.3 Å². The summed E-state index contributed by atoms with van der Waals surface area (Å²) < 4.78 is 17.2. The predicted octanol–water partition coefficient (Wildman–Crippen LogP) is 4.61. The van der Waals surface area contributed by atoms with Crippen LogP contribution < -0.4 is 19.5 Å². The van der Waals surface area contributed by atoms with E-state index in [4.69, 9.17) is 14.2 Å². The van der Waals surface area contributed by atoms with Crippen LogP contribution in [-0.4, -0.2) is 49.9 Å². The molecule has 1 N–H and O–H groups in total. The van der Waals surface area contributed by atoms with Gasteiger partial charge in [-0.15, -0.1) is 0 Å². The first-order chi connectivity index (χ1) is 13.9. The van der Waals surface area contributed by atoms with Crippen LogP contribution in [0.2, 0.25) is 0 Å². The first-order valence-corrected chi connectivity index (χ1v) is 10.4. The van der Waals surface area contributed by atoms with Crippen LogP contribution in [0.15, 0.2) is 42.5 Å². The Labute approximate surface area is 175 Å². The van der Waals surface area contributed by atoms with E-state index in [2.05, 4.69) is 50.0 Å². The van der Waals surface area contributed by atoms with E-state index in [-0.39, 0.29) is 12.1 Å². The quantitative estimate of drug-likeness (QED) is 0.704. The summed E-state index contributed by atoms with van der Waals surface area (Å²) in [6.45, 7) is 9.92. The third kappa shape index (κ3) is 5.15. The summed E-state index contributed by atoms with van der Waals surface area (Å²) in [4.78, 5) is 2.51. The van der Waals surface area contributed by atoms with Gasteiger partial charge < -0.3 is 19.5 Å². The fourth-order valence-corrected chi connectivity index (χ4v) is 4.02. The maximum absolute atomic E-state index is 6.47. The van der Waals surface area contributed by atoms with Gasteiger partial charge in [-0.3, -0.25) is 4.90 Å². The Morgan fingerprint density at radius 2 is 1.48 bits per heavy atom. The molecule has 3 rings (SSSR count). The van der Waals surface area contributed by atoms with Crippen LogP contribution >= 0.6 is 0 Å². The van der Waals surface area contributed by atoms with E-state index in [9.17, 15) is 0 Å². The number of methoxy groups -OCH3 is 2. The molecular formula is C24H34N2O3. The van der Waals surface area contributed by atoms with Gasteiger partial charge in [0.05, 0.1) is 20.3 Å². The van der Waals surface area contributed by atoms with Crippen molar-refractivity contribution in [2.45, 2.75) is 58.3 Å². The molecule has 2 aromatic carbocycles. The average Bonchev–Trinajstić information content (AvgIpc) is 2.71. The number of nitrogens with one attached hydrogen (secondary N) is 1. The van der Waals surface area contributed by atoms with Gasteiger partial charge in [-0.25, -0.2) is 0 Å². The molecule has 158 valence electrons. The van der Waals surface area contributed by atoms with Crippen molar-refractivity contribution in [3.63, 3.8) is 0 Å². The van der Waals surface area contributed by atoms with Gasteiger partial charge in [-0.1, -0.05) is 0 Å². The lowest BCUT2D eigenvalue weighted by Crippen LogP contribution is -2.52. The highest BCUT2D eigenvalue weighted by atomic mass is 16.5. The Hall–Kier alpha value is -2.40. The molecule has 0 spiro atoms. The van der Waals surface area contributed by atoms with Gasteiger partial charge in [-0.05, 0) is 75.7 Å². The third-order valence-electron chi connectivity index (χ3n) is 5.60. The number of anilines is 1. The van der Waals surface area contributed by atoms with Crippen molar-refractivity contribution in [3.05, 3.63) is 48.0 Å². The molecule has 1 aliphatic rings. The molecule has 0 unspecified atom stereocenters. The second-order valence-electron chi connectivity index (χ2n) is 8.19. The van der Waals surface area contributed by atoms with Crippen molar-refractivity contribution < 1.29 is 14.2 Å². The molecule has 2 aromatic rings. The molecule has 0 saturated heterocycles. The Morgan fingerprint density at radius 1 is 0.897 bits per heavy atom. The van der Waals surface area contributed by atoms with Crippen LogP contribution in [0.25, 0.3) is 0 Å². The van der Waals surface area contributed by atoms with Crippen LogP contribution in [0.3, 0.4) is 0 Å². The van der Waals surface area contributed by atoms with Crippen molar-refractivity contribution in [2.75, 3.05) is 26.1 Å². The maximum atomic E-state index is 6.47. The number of nitrogens with zero attached hydrogens (tertiary/aromatic N) is 1. The molecule has 1 aliphatic heterocycles. The maximum Gasteiger partial charge on any atom is 0.124 e. The molecule has 0 aliphatic carbocycles. The van der Waals surface area contributed by atoms with Gasteiger partial charge in [0.25, 0.3) is 0 Å². The summed E-state index contributed by atoms with van der Waals surface area (Å²) in [5.74, 6) is 2.56. The zero-order valence-electron chi connectivity index (χ0n) is 18.4. The Balaban J connectivity index is 1.86. The van der Waals surface area contributed by atoms with Gasteiger partial charge in [0, 0.05) is 30.7 Å². The van der Waals surface area contributed by atoms with Crippen LogP contribution in [0.1, 0.15) is 33.3 Å². The van der Waals surface area contributed by atoms with Crippen molar-refractivity contribution in [3.8, 4) is 17.2 Å². The highest BCUT2D eigenvalue weighted by Gasteiger charge is 2.32. The lowest BCUT2D eigenvalue weighted by Gasteiger charge is -2.40. The Bertz CT molecular complexity index is 781. The van der Waals surface area contributed by atoms with E-state index in [1.165, 1.54) is 5.56 Å². The number of fused-ring (bicyclic) bond motifs is 1. The minimum absolute atomic E-state index is 0.0167. The van der Waals surface area contributed by atoms with E-state index in [0.29, 0.717) is 12.1 Å². The standard InChI is InChI=1S/C24H34N2O3/c1-16(2)26(17(3)4)15-23-24(29-20-9-7-19(27-5)8-10-20)14-18-13-21(28-6)11-12-22(18)25-23/h7-13,16-17,23-25H,14-15H2,1-6H3/t23-,24-/m1/s1. The summed E-state index contributed by atoms with van der Waals surface area (Å²) >= 11 is 0. The lowest BCUT2D eigenvalue weighted by molar-refractivity contribution is 0.111. The zero-order chi connectivity index (χ0) is 21.0. The molecule has 0 radical (unpaired) electrons. The summed E-state index contributed by atoms with van der Waals surface area (Å²) in [5.41, 5.74) is 2.39. The summed E-state index contributed by atoms with van der Waals surface area (Å²) in [5, 5.41) is 3.73. The molecule has 1 heterocycles. The second kappa shape index (κ2) is 9.40. The van der Waals surface area contributed by atoms with E-state index < -0.39 is 0 Å². The molecule has 5 heteroatoms. The first-order valence-electron chi connectivity index (χ1n) is 10.4. The second-order valence-corrected chi connectivity index (χ2v) is 8.19. The molecule has 0 fully saturated rings. The highest BCUT2D eigenvalue weighted by Crippen LogP contribution is 2.32. The topological polar surface area (TPSA) is 43.0 Å². The Morgan fingerprint density at radius 3 is 2.07 bits per heavy atom. The molecule has 2 atom stereocenters. The Kier molecular flexibility index (Phi) is 6.91. The first kappa shape index (κ1) is 21.3. The van der Waals surface area contributed by atoms with E-state index >= 15 is 0 Å². The monoisotopic (exact) mass is 398 g/mol. The normalized spacial score (nSPS) is 18.5. The molecule has 0 aromatic heterocycles. The fraction of sp³-hybridized carbons (Fsp3) is 0.500. The largest absolute Gasteiger partial charge is 0.497 e. The van der Waals surface area contributed by atoms with Gasteiger partial charge >= 0.3 is 0 Å². The number of hydrogen-bond acceptors (Lipinski definition) is 5. The minimum atomic E-state index is 0.0167. The SMILES string of the molecule is COc1ccc(O[C@@H]2Cc3cc(OC)ccc3N[C@@H]2CN(C(C)C)C(C)C)cc1. The van der Waals surface area contributed by atoms with Crippen LogP contribution in [-0.2, 0) is 6.42 Å².